The van der Waals surface area contributed by atoms with E-state index in [0.29, 0.717) is 29.9 Å². The Balaban J connectivity index is 1.86. The molecule has 0 spiro atoms. The first-order valence-corrected chi connectivity index (χ1v) is 12.1. The fourth-order valence-corrected chi connectivity index (χ4v) is 8.41. The molecule has 2 heteroatoms. The summed E-state index contributed by atoms with van der Waals surface area (Å²) in [6.07, 6.45) is 0. The van der Waals surface area contributed by atoms with Crippen LogP contribution in [0.5, 0.6) is 0 Å². The Labute approximate surface area is 166 Å². The number of rotatable bonds is 0. The van der Waals surface area contributed by atoms with Crippen LogP contribution in [0.4, 0.5) is 0 Å². The SMILES string of the molecule is c1ccc2c(c1)[Se]c1ccccc1-c1ccccc1-c1ccccc1[Se]2. The molecule has 4 aromatic carbocycles. The van der Waals surface area contributed by atoms with E-state index >= 15 is 0 Å². The molecular weight excluding hydrogens is 446 g/mol. The number of benzene rings is 4. The Morgan fingerprint density at radius 2 is 0.615 bits per heavy atom. The summed E-state index contributed by atoms with van der Waals surface area (Å²) in [5, 5.41) is 0. The Morgan fingerprint density at radius 3 is 1.04 bits per heavy atom. The van der Waals surface area contributed by atoms with E-state index in [9.17, 15) is 0 Å². The molecule has 0 amide bonds. The molecule has 0 radical (unpaired) electrons. The van der Waals surface area contributed by atoms with Gasteiger partial charge in [-0.2, -0.15) is 0 Å². The summed E-state index contributed by atoms with van der Waals surface area (Å²) in [5.74, 6) is 0. The maximum atomic E-state index is 2.32. The van der Waals surface area contributed by atoms with Gasteiger partial charge in [-0.25, -0.2) is 0 Å². The first kappa shape index (κ1) is 16.1. The van der Waals surface area contributed by atoms with E-state index in [1.54, 1.807) is 0 Å². The van der Waals surface area contributed by atoms with Gasteiger partial charge in [0.15, 0.2) is 0 Å². The van der Waals surface area contributed by atoms with Crippen molar-refractivity contribution >= 4 is 47.8 Å². The van der Waals surface area contributed by atoms with Gasteiger partial charge in [0.05, 0.1) is 0 Å². The second-order valence-electron chi connectivity index (χ2n) is 6.19. The molecule has 0 aromatic heterocycles. The molecular formula is C24H16Se2. The Hall–Kier alpha value is -2.08. The van der Waals surface area contributed by atoms with Crippen molar-refractivity contribution in [2.24, 2.45) is 0 Å². The van der Waals surface area contributed by atoms with Crippen LogP contribution in [0.15, 0.2) is 97.1 Å². The van der Waals surface area contributed by atoms with Crippen molar-refractivity contribution in [2.75, 3.05) is 0 Å². The standard InChI is InChI=1S/C24H16Se2/c1-2-10-18-17(9-1)19-11-3-5-13-21(19)25-23-15-7-8-16-24(23)26-22-14-6-4-12-20(18)22/h1-16H. The molecule has 0 bridgehead atoms. The molecule has 4 aromatic rings. The van der Waals surface area contributed by atoms with Crippen molar-refractivity contribution in [3.8, 4) is 22.3 Å². The summed E-state index contributed by atoms with van der Waals surface area (Å²) in [6, 6.07) is 35.8. The zero-order chi connectivity index (χ0) is 17.3. The van der Waals surface area contributed by atoms with E-state index in [0.717, 1.165) is 0 Å². The molecule has 0 N–H and O–H groups in total. The average Bonchev–Trinajstić information content (AvgIpc) is 2.70. The van der Waals surface area contributed by atoms with Gasteiger partial charge in [0.25, 0.3) is 0 Å². The van der Waals surface area contributed by atoms with E-state index in [2.05, 4.69) is 97.1 Å². The van der Waals surface area contributed by atoms with Gasteiger partial charge in [-0.15, -0.1) is 0 Å². The molecule has 0 saturated carbocycles. The van der Waals surface area contributed by atoms with Crippen molar-refractivity contribution in [3.05, 3.63) is 97.1 Å². The van der Waals surface area contributed by atoms with Gasteiger partial charge in [-0.05, 0) is 0 Å². The molecule has 0 aliphatic carbocycles. The minimum absolute atomic E-state index is 0.314. The van der Waals surface area contributed by atoms with Crippen LogP contribution in [0, 0.1) is 0 Å². The number of hydrogen-bond donors (Lipinski definition) is 0. The molecule has 0 nitrogen and oxygen atoms in total. The van der Waals surface area contributed by atoms with Crippen LogP contribution in [-0.4, -0.2) is 29.9 Å². The summed E-state index contributed by atoms with van der Waals surface area (Å²) in [4.78, 5) is 0. The Bertz CT molecular complexity index is 1010. The third-order valence-electron chi connectivity index (χ3n) is 4.57. The molecule has 1 aliphatic heterocycles. The summed E-state index contributed by atoms with van der Waals surface area (Å²) in [7, 11) is 0. The summed E-state index contributed by atoms with van der Waals surface area (Å²) in [6.45, 7) is 0. The van der Waals surface area contributed by atoms with Crippen molar-refractivity contribution in [1.29, 1.82) is 0 Å². The first-order valence-electron chi connectivity index (χ1n) is 8.63. The minimum atomic E-state index is 0.314. The summed E-state index contributed by atoms with van der Waals surface area (Å²) in [5.41, 5.74) is 5.46. The summed E-state index contributed by atoms with van der Waals surface area (Å²) < 4.78 is 5.97. The van der Waals surface area contributed by atoms with E-state index in [-0.39, 0.29) is 0 Å². The first-order chi connectivity index (χ1) is 12.9. The van der Waals surface area contributed by atoms with Gasteiger partial charge in [-0.1, -0.05) is 0 Å². The second kappa shape index (κ2) is 6.91. The topological polar surface area (TPSA) is 0 Å². The molecule has 1 heterocycles. The Morgan fingerprint density at radius 1 is 0.308 bits per heavy atom. The fraction of sp³-hybridized carbons (Fsp3) is 0. The van der Waals surface area contributed by atoms with Crippen molar-refractivity contribution in [3.63, 3.8) is 0 Å². The molecule has 0 fully saturated rings. The quantitative estimate of drug-likeness (QED) is 0.311. The van der Waals surface area contributed by atoms with Crippen LogP contribution in [0.3, 0.4) is 0 Å². The molecule has 1 aliphatic rings. The van der Waals surface area contributed by atoms with Crippen molar-refractivity contribution in [2.45, 2.75) is 0 Å². The van der Waals surface area contributed by atoms with Crippen LogP contribution in [0.2, 0.25) is 0 Å². The molecule has 0 unspecified atom stereocenters. The van der Waals surface area contributed by atoms with Crippen molar-refractivity contribution in [1.82, 2.24) is 0 Å². The van der Waals surface area contributed by atoms with E-state index < -0.39 is 0 Å². The van der Waals surface area contributed by atoms with E-state index in [4.69, 9.17) is 0 Å². The maximum absolute atomic E-state index is 2.32. The average molecular weight is 462 g/mol. The summed E-state index contributed by atoms with van der Waals surface area (Å²) >= 11 is 0.628. The van der Waals surface area contributed by atoms with Gasteiger partial charge >= 0.3 is 167 Å². The van der Waals surface area contributed by atoms with Gasteiger partial charge in [-0.3, -0.25) is 0 Å². The van der Waals surface area contributed by atoms with E-state index in [1.807, 2.05) is 0 Å². The normalized spacial score (nSPS) is 12.3. The van der Waals surface area contributed by atoms with Crippen LogP contribution in [0.25, 0.3) is 22.3 Å². The third-order valence-corrected chi connectivity index (χ3v) is 10.1. The molecule has 0 atom stereocenters. The number of hydrogen-bond acceptors (Lipinski definition) is 0. The molecule has 124 valence electrons. The predicted molar refractivity (Wildman–Crippen MR) is 114 cm³/mol. The second-order valence-corrected chi connectivity index (χ2v) is 10.7. The number of fused-ring (bicyclic) bond motifs is 6. The van der Waals surface area contributed by atoms with Gasteiger partial charge in [0.2, 0.25) is 0 Å². The fourth-order valence-electron chi connectivity index (χ4n) is 3.36. The predicted octanol–water partition coefficient (Wildman–Crippen LogP) is 2.64. The zero-order valence-corrected chi connectivity index (χ0v) is 17.5. The molecule has 26 heavy (non-hydrogen) atoms. The Kier molecular flexibility index (Phi) is 4.28. The van der Waals surface area contributed by atoms with Gasteiger partial charge < -0.3 is 0 Å². The van der Waals surface area contributed by atoms with E-state index in [1.165, 1.54) is 40.1 Å². The van der Waals surface area contributed by atoms with Gasteiger partial charge in [0, 0.05) is 0 Å². The molecule has 0 saturated heterocycles. The third kappa shape index (κ3) is 2.86. The van der Waals surface area contributed by atoms with Crippen LogP contribution in [0.1, 0.15) is 0 Å². The van der Waals surface area contributed by atoms with Crippen LogP contribution in [-0.2, 0) is 0 Å². The van der Waals surface area contributed by atoms with Crippen molar-refractivity contribution < 1.29 is 0 Å². The van der Waals surface area contributed by atoms with Gasteiger partial charge in [0.1, 0.15) is 0 Å². The zero-order valence-electron chi connectivity index (χ0n) is 14.1. The molecule has 5 rings (SSSR count). The van der Waals surface area contributed by atoms with Crippen LogP contribution < -0.4 is 17.8 Å². The monoisotopic (exact) mass is 464 g/mol. The van der Waals surface area contributed by atoms with Crippen LogP contribution >= 0.6 is 0 Å².